The summed E-state index contributed by atoms with van der Waals surface area (Å²) in [6.45, 7) is 6.44. The van der Waals surface area contributed by atoms with Crippen LogP contribution in [0.3, 0.4) is 0 Å². The SMILES string of the molecule is CCOC(=O)c1c(C)[nH]c(C(=O)O[C@H](C)C(=O)Nc2ccc(S(N)(=O)=O)cc2)c1C. The fourth-order valence-corrected chi connectivity index (χ4v) is 3.22. The van der Waals surface area contributed by atoms with E-state index in [4.69, 9.17) is 14.6 Å². The lowest BCUT2D eigenvalue weighted by molar-refractivity contribution is -0.123. The molecule has 30 heavy (non-hydrogen) atoms. The van der Waals surface area contributed by atoms with Crippen LogP contribution < -0.4 is 10.5 Å². The van der Waals surface area contributed by atoms with Crippen molar-refractivity contribution in [3.05, 3.63) is 46.8 Å². The van der Waals surface area contributed by atoms with Crippen LogP contribution in [0, 0.1) is 13.8 Å². The molecule has 0 aliphatic heterocycles. The van der Waals surface area contributed by atoms with Crippen LogP contribution in [0.4, 0.5) is 5.69 Å². The number of benzene rings is 1. The monoisotopic (exact) mass is 437 g/mol. The molecule has 1 aromatic carbocycles. The largest absolute Gasteiger partial charge is 0.462 e. The Morgan fingerprint density at radius 3 is 2.27 bits per heavy atom. The van der Waals surface area contributed by atoms with Gasteiger partial charge in [-0.25, -0.2) is 23.1 Å². The van der Waals surface area contributed by atoms with E-state index in [1.165, 1.54) is 31.2 Å². The first-order valence-corrected chi connectivity index (χ1v) is 10.5. The molecule has 2 aromatic rings. The molecule has 162 valence electrons. The van der Waals surface area contributed by atoms with Crippen LogP contribution in [0.1, 0.15) is 46.0 Å². The van der Waals surface area contributed by atoms with Gasteiger partial charge in [-0.3, -0.25) is 4.79 Å². The zero-order valence-electron chi connectivity index (χ0n) is 16.9. The van der Waals surface area contributed by atoms with Crippen molar-refractivity contribution in [2.24, 2.45) is 5.14 Å². The predicted octanol–water partition coefficient (Wildman–Crippen LogP) is 1.64. The molecule has 0 bridgehead atoms. The molecule has 0 aliphatic rings. The number of primary sulfonamides is 1. The van der Waals surface area contributed by atoms with Crippen molar-refractivity contribution in [2.75, 3.05) is 11.9 Å². The standard InChI is InChI=1S/C19H23N3O7S/c1-5-28-18(24)15-10(2)16(21-11(15)3)19(25)29-12(4)17(23)22-13-6-8-14(9-7-13)30(20,26)27/h6-9,12,21H,5H2,1-4H3,(H,22,23)(H2,20,26,27)/t12-/m1/s1. The van der Waals surface area contributed by atoms with Gasteiger partial charge in [0.2, 0.25) is 10.0 Å². The van der Waals surface area contributed by atoms with Gasteiger partial charge in [-0.1, -0.05) is 0 Å². The van der Waals surface area contributed by atoms with Crippen molar-refractivity contribution in [3.8, 4) is 0 Å². The minimum absolute atomic E-state index is 0.0488. The number of aromatic amines is 1. The Bertz CT molecular complexity index is 1070. The molecule has 4 N–H and O–H groups in total. The number of sulfonamides is 1. The summed E-state index contributed by atoms with van der Waals surface area (Å²) in [6, 6.07) is 5.19. The molecule has 0 saturated carbocycles. The Hall–Kier alpha value is -3.18. The van der Waals surface area contributed by atoms with Gasteiger partial charge in [0, 0.05) is 11.4 Å². The maximum Gasteiger partial charge on any atom is 0.355 e. The van der Waals surface area contributed by atoms with Gasteiger partial charge in [-0.15, -0.1) is 0 Å². The number of hydrogen-bond acceptors (Lipinski definition) is 7. The zero-order valence-corrected chi connectivity index (χ0v) is 17.8. The first-order valence-electron chi connectivity index (χ1n) is 8.96. The van der Waals surface area contributed by atoms with Gasteiger partial charge in [0.1, 0.15) is 5.69 Å². The molecule has 0 spiro atoms. The smallest absolute Gasteiger partial charge is 0.355 e. The number of aromatic nitrogens is 1. The average molecular weight is 437 g/mol. The van der Waals surface area contributed by atoms with Crippen molar-refractivity contribution < 1.29 is 32.3 Å². The number of nitrogens with one attached hydrogen (secondary N) is 2. The van der Waals surface area contributed by atoms with Crippen LogP contribution in [0.2, 0.25) is 0 Å². The molecule has 11 heteroatoms. The third kappa shape index (κ3) is 5.24. The van der Waals surface area contributed by atoms with E-state index in [2.05, 4.69) is 10.3 Å². The van der Waals surface area contributed by atoms with Gasteiger partial charge < -0.3 is 19.8 Å². The highest BCUT2D eigenvalue weighted by atomic mass is 32.2. The zero-order chi connectivity index (χ0) is 22.6. The molecule has 0 aliphatic carbocycles. The number of anilines is 1. The molecule has 10 nitrogen and oxygen atoms in total. The van der Waals surface area contributed by atoms with E-state index < -0.39 is 34.0 Å². The van der Waals surface area contributed by atoms with Gasteiger partial charge >= 0.3 is 11.9 Å². The number of rotatable bonds is 7. The molecular weight excluding hydrogens is 414 g/mol. The number of nitrogens with two attached hydrogens (primary N) is 1. The van der Waals surface area contributed by atoms with E-state index in [1.807, 2.05) is 0 Å². The lowest BCUT2D eigenvalue weighted by atomic mass is 10.1. The molecule has 0 unspecified atom stereocenters. The van der Waals surface area contributed by atoms with E-state index in [9.17, 15) is 22.8 Å². The van der Waals surface area contributed by atoms with Crippen molar-refractivity contribution in [1.82, 2.24) is 4.98 Å². The summed E-state index contributed by atoms with van der Waals surface area (Å²) >= 11 is 0. The quantitative estimate of drug-likeness (QED) is 0.555. The third-order valence-electron chi connectivity index (χ3n) is 4.22. The van der Waals surface area contributed by atoms with Gasteiger partial charge in [0.15, 0.2) is 6.10 Å². The van der Waals surface area contributed by atoms with Gasteiger partial charge in [0.05, 0.1) is 17.1 Å². The van der Waals surface area contributed by atoms with Crippen LogP contribution in [0.5, 0.6) is 0 Å². The molecule has 1 aromatic heterocycles. The van der Waals surface area contributed by atoms with E-state index in [0.29, 0.717) is 16.9 Å². The van der Waals surface area contributed by atoms with Crippen molar-refractivity contribution in [3.63, 3.8) is 0 Å². The lowest BCUT2D eigenvalue weighted by Gasteiger charge is -2.13. The van der Waals surface area contributed by atoms with Crippen molar-refractivity contribution in [2.45, 2.75) is 38.7 Å². The van der Waals surface area contributed by atoms with Crippen LogP contribution in [0.15, 0.2) is 29.2 Å². The number of esters is 2. The molecule has 0 radical (unpaired) electrons. The Morgan fingerprint density at radius 2 is 1.73 bits per heavy atom. The number of aryl methyl sites for hydroxylation is 1. The van der Waals surface area contributed by atoms with Crippen molar-refractivity contribution in [1.29, 1.82) is 0 Å². The maximum absolute atomic E-state index is 12.5. The highest BCUT2D eigenvalue weighted by Crippen LogP contribution is 2.20. The highest BCUT2D eigenvalue weighted by molar-refractivity contribution is 7.89. The fraction of sp³-hybridized carbons (Fsp3) is 0.316. The predicted molar refractivity (Wildman–Crippen MR) is 108 cm³/mol. The average Bonchev–Trinajstić information content (AvgIpc) is 2.96. The number of H-pyrrole nitrogens is 1. The van der Waals surface area contributed by atoms with Crippen LogP contribution >= 0.6 is 0 Å². The third-order valence-corrected chi connectivity index (χ3v) is 5.15. The summed E-state index contributed by atoms with van der Waals surface area (Å²) < 4.78 is 32.7. The second-order valence-electron chi connectivity index (χ2n) is 6.45. The van der Waals surface area contributed by atoms with Crippen LogP contribution in [-0.2, 0) is 24.3 Å². The molecule has 2 rings (SSSR count). The summed E-state index contributed by atoms with van der Waals surface area (Å²) in [5, 5.41) is 7.53. The maximum atomic E-state index is 12.5. The van der Waals surface area contributed by atoms with E-state index in [-0.39, 0.29) is 22.8 Å². The Labute approximate surface area is 173 Å². The number of carbonyl (C=O) groups is 3. The normalized spacial score (nSPS) is 12.2. The summed E-state index contributed by atoms with van der Waals surface area (Å²) in [4.78, 5) is 39.5. The number of hydrogen-bond donors (Lipinski definition) is 3. The van der Waals surface area contributed by atoms with Gasteiger partial charge in [0.25, 0.3) is 5.91 Å². The Balaban J connectivity index is 2.08. The lowest BCUT2D eigenvalue weighted by Crippen LogP contribution is -2.30. The number of ether oxygens (including phenoxy) is 2. The van der Waals surface area contributed by atoms with E-state index >= 15 is 0 Å². The highest BCUT2D eigenvalue weighted by Gasteiger charge is 2.26. The first-order chi connectivity index (χ1) is 14.0. The first kappa shape index (κ1) is 23.1. The van der Waals surface area contributed by atoms with Gasteiger partial charge in [-0.05, 0) is 57.5 Å². The molecule has 0 fully saturated rings. The van der Waals surface area contributed by atoms with Crippen molar-refractivity contribution >= 4 is 33.6 Å². The summed E-state index contributed by atoms with van der Waals surface area (Å²) in [5.74, 6) is -1.99. The summed E-state index contributed by atoms with van der Waals surface area (Å²) in [5.41, 5.74) is 1.41. The molecule has 1 atom stereocenters. The summed E-state index contributed by atoms with van der Waals surface area (Å²) in [7, 11) is -3.84. The molecular formula is C19H23N3O7S. The number of amides is 1. The van der Waals surface area contributed by atoms with E-state index in [1.54, 1.807) is 20.8 Å². The van der Waals surface area contributed by atoms with Crippen LogP contribution in [-0.4, -0.2) is 44.0 Å². The molecule has 1 heterocycles. The Kier molecular flexibility index (Phi) is 7.00. The second-order valence-corrected chi connectivity index (χ2v) is 8.01. The van der Waals surface area contributed by atoms with E-state index in [0.717, 1.165) is 0 Å². The minimum Gasteiger partial charge on any atom is -0.462 e. The minimum atomic E-state index is -3.84. The Morgan fingerprint density at radius 1 is 1.13 bits per heavy atom. The number of carbonyl (C=O) groups excluding carboxylic acids is 3. The molecule has 0 saturated heterocycles. The molecule has 1 amide bonds. The van der Waals surface area contributed by atoms with Crippen LogP contribution in [0.25, 0.3) is 0 Å². The topological polar surface area (TPSA) is 158 Å². The fourth-order valence-electron chi connectivity index (χ4n) is 2.71. The van der Waals surface area contributed by atoms with Gasteiger partial charge in [-0.2, -0.15) is 0 Å². The second kappa shape index (κ2) is 9.09. The summed E-state index contributed by atoms with van der Waals surface area (Å²) in [6.07, 6.45) is -1.16.